The molecule has 1 amide bonds. The summed E-state index contributed by atoms with van der Waals surface area (Å²) in [5, 5.41) is 2.69. The highest BCUT2D eigenvalue weighted by Gasteiger charge is 2.16. The molecule has 2 aromatic carbocycles. The summed E-state index contributed by atoms with van der Waals surface area (Å²) in [5.41, 5.74) is 1.65. The van der Waals surface area contributed by atoms with Gasteiger partial charge in [0.1, 0.15) is 11.6 Å². The minimum absolute atomic E-state index is 0.0742. The number of nitrogens with zero attached hydrogens (tertiary/aromatic N) is 2. The third-order valence-electron chi connectivity index (χ3n) is 4.61. The molecule has 1 heterocycles. The third kappa shape index (κ3) is 3.77. The summed E-state index contributed by atoms with van der Waals surface area (Å²) in [5.74, 6) is -1.68. The van der Waals surface area contributed by atoms with Gasteiger partial charge in [0.25, 0.3) is 0 Å². The van der Waals surface area contributed by atoms with Crippen molar-refractivity contribution in [1.82, 2.24) is 14.5 Å². The summed E-state index contributed by atoms with van der Waals surface area (Å²) in [6, 6.07) is 10.1. The number of hydrogen-bond acceptors (Lipinski definition) is 2. The quantitative estimate of drug-likeness (QED) is 0.720. The van der Waals surface area contributed by atoms with Crippen molar-refractivity contribution in [3.05, 3.63) is 70.1 Å². The Balaban J connectivity index is 1.72. The summed E-state index contributed by atoms with van der Waals surface area (Å²) >= 11 is 0. The number of aromatic nitrogens is 2. The maximum Gasteiger partial charge on any atom is 0.329 e. The molecule has 1 unspecified atom stereocenters. The fourth-order valence-electron chi connectivity index (χ4n) is 3.25. The van der Waals surface area contributed by atoms with Gasteiger partial charge in [-0.3, -0.25) is 13.9 Å². The topological polar surface area (TPSA) is 56.0 Å². The number of para-hydroxylation sites is 2. The van der Waals surface area contributed by atoms with Crippen LogP contribution in [0.5, 0.6) is 0 Å². The molecule has 1 atom stereocenters. The predicted molar refractivity (Wildman–Crippen MR) is 99.4 cm³/mol. The molecule has 27 heavy (non-hydrogen) atoms. The molecule has 0 radical (unpaired) electrons. The molecule has 142 valence electrons. The Bertz CT molecular complexity index is 1040. The number of amides is 1. The second-order valence-corrected chi connectivity index (χ2v) is 6.37. The van der Waals surface area contributed by atoms with Crippen LogP contribution in [-0.4, -0.2) is 15.0 Å². The van der Waals surface area contributed by atoms with E-state index in [1.807, 2.05) is 31.2 Å². The standard InChI is InChI=1S/C20H21F2N3O2/c1-3-24-17-6-4-5-7-18(17)25(20(24)27)11-10-19(26)23-13(2)15-9-8-14(21)12-16(15)22/h4-9,12-13H,3,10-11H2,1-2H3,(H,23,26). The largest absolute Gasteiger partial charge is 0.349 e. The highest BCUT2D eigenvalue weighted by molar-refractivity contribution is 5.78. The van der Waals surface area contributed by atoms with E-state index in [0.29, 0.717) is 6.54 Å². The summed E-state index contributed by atoms with van der Waals surface area (Å²) in [7, 11) is 0. The van der Waals surface area contributed by atoms with Crippen LogP contribution in [0.15, 0.2) is 47.3 Å². The number of aryl methyl sites for hydroxylation is 2. The van der Waals surface area contributed by atoms with Crippen LogP contribution in [0.4, 0.5) is 8.78 Å². The number of carbonyl (C=O) groups excluding carboxylic acids is 1. The number of nitrogens with one attached hydrogen (secondary N) is 1. The monoisotopic (exact) mass is 373 g/mol. The molecule has 3 rings (SSSR count). The lowest BCUT2D eigenvalue weighted by atomic mass is 10.1. The molecular weight excluding hydrogens is 352 g/mol. The van der Waals surface area contributed by atoms with E-state index in [1.54, 1.807) is 16.1 Å². The van der Waals surface area contributed by atoms with Crippen molar-refractivity contribution in [3.8, 4) is 0 Å². The van der Waals surface area contributed by atoms with Crippen LogP contribution in [0.3, 0.4) is 0 Å². The fraction of sp³-hybridized carbons (Fsp3) is 0.300. The predicted octanol–water partition coefficient (Wildman–Crippen LogP) is 3.37. The molecular formula is C20H21F2N3O2. The van der Waals surface area contributed by atoms with Gasteiger partial charge in [-0.25, -0.2) is 13.6 Å². The Morgan fingerprint density at radius 1 is 1.11 bits per heavy atom. The molecule has 0 fully saturated rings. The van der Waals surface area contributed by atoms with Crippen molar-refractivity contribution in [3.63, 3.8) is 0 Å². The molecule has 1 aromatic heterocycles. The van der Waals surface area contributed by atoms with Crippen LogP contribution in [-0.2, 0) is 17.9 Å². The number of carbonyl (C=O) groups is 1. The molecule has 0 saturated carbocycles. The van der Waals surface area contributed by atoms with E-state index in [1.165, 1.54) is 6.07 Å². The van der Waals surface area contributed by atoms with E-state index < -0.39 is 17.7 Å². The number of benzene rings is 2. The third-order valence-corrected chi connectivity index (χ3v) is 4.61. The Morgan fingerprint density at radius 3 is 2.41 bits per heavy atom. The van der Waals surface area contributed by atoms with Crippen molar-refractivity contribution >= 4 is 16.9 Å². The van der Waals surface area contributed by atoms with E-state index >= 15 is 0 Å². The first-order valence-electron chi connectivity index (χ1n) is 8.84. The molecule has 5 nitrogen and oxygen atoms in total. The molecule has 0 aliphatic carbocycles. The molecule has 0 spiro atoms. The van der Waals surface area contributed by atoms with Crippen molar-refractivity contribution in [2.75, 3.05) is 0 Å². The van der Waals surface area contributed by atoms with Crippen LogP contribution in [0.2, 0.25) is 0 Å². The van der Waals surface area contributed by atoms with Gasteiger partial charge in [0.05, 0.1) is 17.1 Å². The van der Waals surface area contributed by atoms with Gasteiger partial charge >= 0.3 is 5.69 Å². The molecule has 0 bridgehead atoms. The maximum atomic E-state index is 13.8. The van der Waals surface area contributed by atoms with Crippen LogP contribution >= 0.6 is 0 Å². The summed E-state index contributed by atoms with van der Waals surface area (Å²) in [4.78, 5) is 24.8. The second-order valence-electron chi connectivity index (χ2n) is 6.37. The zero-order valence-electron chi connectivity index (χ0n) is 15.2. The number of rotatable bonds is 6. The first kappa shape index (κ1) is 18.8. The molecule has 3 aromatic rings. The van der Waals surface area contributed by atoms with Gasteiger partial charge in [-0.15, -0.1) is 0 Å². The van der Waals surface area contributed by atoms with E-state index in [4.69, 9.17) is 0 Å². The average molecular weight is 373 g/mol. The van der Waals surface area contributed by atoms with Crippen LogP contribution < -0.4 is 11.0 Å². The van der Waals surface area contributed by atoms with Gasteiger partial charge in [0, 0.05) is 31.1 Å². The Hall–Kier alpha value is -2.96. The van der Waals surface area contributed by atoms with Crippen molar-refractivity contribution in [1.29, 1.82) is 0 Å². The van der Waals surface area contributed by atoms with E-state index in [0.717, 1.165) is 23.2 Å². The van der Waals surface area contributed by atoms with Gasteiger partial charge in [-0.05, 0) is 32.0 Å². The van der Waals surface area contributed by atoms with Gasteiger partial charge < -0.3 is 5.32 Å². The Kier molecular flexibility index (Phi) is 5.39. The summed E-state index contributed by atoms with van der Waals surface area (Å²) in [6.45, 7) is 4.28. The normalized spacial score (nSPS) is 12.3. The number of fused-ring (bicyclic) bond motifs is 1. The SMILES string of the molecule is CCn1c(=O)n(CCC(=O)NC(C)c2ccc(F)cc2F)c2ccccc21. The highest BCUT2D eigenvalue weighted by Crippen LogP contribution is 2.18. The lowest BCUT2D eigenvalue weighted by molar-refractivity contribution is -0.121. The van der Waals surface area contributed by atoms with Gasteiger partial charge in [-0.1, -0.05) is 18.2 Å². The summed E-state index contributed by atoms with van der Waals surface area (Å²) < 4.78 is 30.1. The number of halogens is 2. The number of hydrogen-bond donors (Lipinski definition) is 1. The highest BCUT2D eigenvalue weighted by atomic mass is 19.1. The lowest BCUT2D eigenvalue weighted by Crippen LogP contribution is -2.30. The molecule has 0 aliphatic heterocycles. The molecule has 0 saturated heterocycles. The first-order valence-corrected chi connectivity index (χ1v) is 8.84. The zero-order chi connectivity index (χ0) is 19.6. The lowest BCUT2D eigenvalue weighted by Gasteiger charge is -2.15. The smallest absolute Gasteiger partial charge is 0.329 e. The van der Waals surface area contributed by atoms with Crippen LogP contribution in [0, 0.1) is 11.6 Å². The van der Waals surface area contributed by atoms with Crippen molar-refractivity contribution in [2.45, 2.75) is 39.4 Å². The summed E-state index contributed by atoms with van der Waals surface area (Å²) in [6.07, 6.45) is 0.0742. The molecule has 1 N–H and O–H groups in total. The van der Waals surface area contributed by atoms with Crippen LogP contribution in [0.25, 0.3) is 11.0 Å². The maximum absolute atomic E-state index is 13.8. The van der Waals surface area contributed by atoms with E-state index in [-0.39, 0.29) is 30.1 Å². The van der Waals surface area contributed by atoms with E-state index in [2.05, 4.69) is 5.32 Å². The van der Waals surface area contributed by atoms with E-state index in [9.17, 15) is 18.4 Å². The minimum atomic E-state index is -0.704. The average Bonchev–Trinajstić information content (AvgIpc) is 2.90. The van der Waals surface area contributed by atoms with Gasteiger partial charge in [0.15, 0.2) is 0 Å². The minimum Gasteiger partial charge on any atom is -0.349 e. The molecule has 7 heteroatoms. The van der Waals surface area contributed by atoms with Crippen molar-refractivity contribution < 1.29 is 13.6 Å². The van der Waals surface area contributed by atoms with Crippen LogP contribution in [0.1, 0.15) is 31.9 Å². The van der Waals surface area contributed by atoms with Gasteiger partial charge in [0.2, 0.25) is 5.91 Å². The first-order chi connectivity index (χ1) is 12.9. The number of imidazole rings is 1. The Morgan fingerprint density at radius 2 is 1.78 bits per heavy atom. The van der Waals surface area contributed by atoms with Gasteiger partial charge in [-0.2, -0.15) is 0 Å². The van der Waals surface area contributed by atoms with Crippen molar-refractivity contribution in [2.24, 2.45) is 0 Å². The Labute approximate surface area is 155 Å². The fourth-order valence-corrected chi connectivity index (χ4v) is 3.25. The molecule has 0 aliphatic rings. The second kappa shape index (κ2) is 7.73. The zero-order valence-corrected chi connectivity index (χ0v) is 15.2.